The molecule has 0 bridgehead atoms. The van der Waals surface area contributed by atoms with Crippen molar-refractivity contribution in [1.82, 2.24) is 19.4 Å². The summed E-state index contributed by atoms with van der Waals surface area (Å²) in [6, 6.07) is 0. The van der Waals surface area contributed by atoms with Crippen molar-refractivity contribution >= 4 is 5.91 Å². The summed E-state index contributed by atoms with van der Waals surface area (Å²) in [6.07, 6.45) is 5.00. The maximum atomic E-state index is 12.3. The summed E-state index contributed by atoms with van der Waals surface area (Å²) in [7, 11) is 3.86. The average Bonchev–Trinajstić information content (AvgIpc) is 2.95. The number of aryl methyl sites for hydroxylation is 1. The summed E-state index contributed by atoms with van der Waals surface area (Å²) in [4.78, 5) is 20.2. The lowest BCUT2D eigenvalue weighted by Crippen LogP contribution is -2.44. The molecule has 1 N–H and O–H groups in total. The van der Waals surface area contributed by atoms with Gasteiger partial charge in [-0.05, 0) is 20.5 Å². The first kappa shape index (κ1) is 15.0. The van der Waals surface area contributed by atoms with E-state index >= 15 is 0 Å². The van der Waals surface area contributed by atoms with Gasteiger partial charge >= 0.3 is 0 Å². The van der Waals surface area contributed by atoms with Crippen LogP contribution in [0.5, 0.6) is 0 Å². The fourth-order valence-electron chi connectivity index (χ4n) is 2.83. The van der Waals surface area contributed by atoms with Crippen LogP contribution in [0, 0.1) is 0 Å². The van der Waals surface area contributed by atoms with Gasteiger partial charge in [0.25, 0.3) is 0 Å². The summed E-state index contributed by atoms with van der Waals surface area (Å²) in [5, 5.41) is 10.5. The Kier molecular flexibility index (Phi) is 4.45. The molecule has 1 aliphatic rings. The Labute approximate surface area is 120 Å². The van der Waals surface area contributed by atoms with E-state index in [0.717, 1.165) is 12.2 Å². The van der Waals surface area contributed by atoms with Gasteiger partial charge < -0.3 is 19.5 Å². The highest BCUT2D eigenvalue weighted by Gasteiger charge is 2.38. The summed E-state index contributed by atoms with van der Waals surface area (Å²) < 4.78 is 1.88. The molecule has 2 heterocycles. The number of β-amino-alcohol motifs (C(OH)–C–C–N with tert-alkyl or cyclic N) is 1. The Morgan fingerprint density at radius 3 is 2.95 bits per heavy atom. The van der Waals surface area contributed by atoms with Crippen LogP contribution in [0.2, 0.25) is 0 Å². The van der Waals surface area contributed by atoms with E-state index in [0.29, 0.717) is 32.6 Å². The van der Waals surface area contributed by atoms with Gasteiger partial charge in [0.15, 0.2) is 0 Å². The number of carbonyl (C=O) groups is 1. The first-order valence-corrected chi connectivity index (χ1v) is 7.08. The van der Waals surface area contributed by atoms with E-state index in [1.165, 1.54) is 0 Å². The lowest BCUT2D eigenvalue weighted by molar-refractivity contribution is -0.131. The Balaban J connectivity index is 1.95. The van der Waals surface area contributed by atoms with Crippen molar-refractivity contribution in [3.05, 3.63) is 18.2 Å². The molecular formula is C14H24N4O2. The minimum Gasteiger partial charge on any atom is -0.387 e. The number of imidazole rings is 1. The van der Waals surface area contributed by atoms with Gasteiger partial charge in [-0.15, -0.1) is 0 Å². The standard InChI is InChI=1S/C14H24N4O2/c1-4-12-15-6-8-17(12)9-13(19)18-7-5-14(20,11-18)10-16(2)3/h6,8,20H,4-5,7,9-11H2,1-3H3/t14-/m0/s1. The Bertz CT molecular complexity index is 471. The molecule has 1 saturated heterocycles. The van der Waals surface area contributed by atoms with Crippen LogP contribution < -0.4 is 0 Å². The molecule has 1 amide bonds. The monoisotopic (exact) mass is 280 g/mol. The number of aliphatic hydroxyl groups is 1. The van der Waals surface area contributed by atoms with Crippen LogP contribution >= 0.6 is 0 Å². The third-order valence-electron chi connectivity index (χ3n) is 3.72. The van der Waals surface area contributed by atoms with Crippen LogP contribution in [0.3, 0.4) is 0 Å². The molecule has 0 aliphatic carbocycles. The van der Waals surface area contributed by atoms with Crippen molar-refractivity contribution < 1.29 is 9.90 Å². The quantitative estimate of drug-likeness (QED) is 0.823. The van der Waals surface area contributed by atoms with Gasteiger partial charge in [-0.25, -0.2) is 4.98 Å². The number of aromatic nitrogens is 2. The SMILES string of the molecule is CCc1nccn1CC(=O)N1CC[C@](O)(CN(C)C)C1. The zero-order chi connectivity index (χ0) is 14.8. The molecule has 6 heteroatoms. The van der Waals surface area contributed by atoms with E-state index in [2.05, 4.69) is 4.98 Å². The fraction of sp³-hybridized carbons (Fsp3) is 0.714. The molecule has 1 aromatic rings. The lowest BCUT2D eigenvalue weighted by Gasteiger charge is -2.26. The number of likely N-dealkylation sites (tertiary alicyclic amines) is 1. The van der Waals surface area contributed by atoms with Gasteiger partial charge in [0.05, 0.1) is 12.1 Å². The van der Waals surface area contributed by atoms with E-state index in [1.54, 1.807) is 11.1 Å². The molecule has 0 radical (unpaired) electrons. The summed E-state index contributed by atoms with van der Waals surface area (Å²) in [6.45, 7) is 3.96. The van der Waals surface area contributed by atoms with Crippen molar-refractivity contribution in [1.29, 1.82) is 0 Å². The third kappa shape index (κ3) is 3.37. The second kappa shape index (κ2) is 5.93. The van der Waals surface area contributed by atoms with Crippen molar-refractivity contribution in [2.75, 3.05) is 33.7 Å². The van der Waals surface area contributed by atoms with Crippen LogP contribution in [-0.4, -0.2) is 69.7 Å². The van der Waals surface area contributed by atoms with E-state index in [4.69, 9.17) is 0 Å². The molecule has 0 spiro atoms. The molecule has 20 heavy (non-hydrogen) atoms. The van der Waals surface area contributed by atoms with Crippen LogP contribution in [-0.2, 0) is 17.8 Å². The maximum Gasteiger partial charge on any atom is 0.242 e. The van der Waals surface area contributed by atoms with Crippen LogP contribution in [0.25, 0.3) is 0 Å². The molecule has 0 saturated carbocycles. The third-order valence-corrected chi connectivity index (χ3v) is 3.72. The minimum atomic E-state index is -0.776. The lowest BCUT2D eigenvalue weighted by atomic mass is 10.0. The highest BCUT2D eigenvalue weighted by molar-refractivity contribution is 5.76. The second-order valence-corrected chi connectivity index (χ2v) is 5.85. The van der Waals surface area contributed by atoms with Gasteiger partial charge in [-0.2, -0.15) is 0 Å². The topological polar surface area (TPSA) is 61.6 Å². The molecule has 1 fully saturated rings. The Hall–Kier alpha value is -1.40. The number of amides is 1. The molecule has 0 aromatic carbocycles. The number of carbonyl (C=O) groups excluding carboxylic acids is 1. The Morgan fingerprint density at radius 2 is 2.30 bits per heavy atom. The molecule has 1 aromatic heterocycles. The molecule has 112 valence electrons. The largest absolute Gasteiger partial charge is 0.387 e. The van der Waals surface area contributed by atoms with Crippen molar-refractivity contribution in [3.8, 4) is 0 Å². The smallest absolute Gasteiger partial charge is 0.242 e. The maximum absolute atomic E-state index is 12.3. The van der Waals surface area contributed by atoms with Crippen molar-refractivity contribution in [2.45, 2.75) is 31.9 Å². The summed E-state index contributed by atoms with van der Waals surface area (Å²) in [5.41, 5.74) is -0.776. The number of hydrogen-bond donors (Lipinski definition) is 1. The first-order chi connectivity index (χ1) is 9.43. The first-order valence-electron chi connectivity index (χ1n) is 7.08. The van der Waals surface area contributed by atoms with Crippen molar-refractivity contribution in [3.63, 3.8) is 0 Å². The normalized spacial score (nSPS) is 22.8. The van der Waals surface area contributed by atoms with E-state index in [1.807, 2.05) is 36.7 Å². The van der Waals surface area contributed by atoms with Crippen molar-refractivity contribution in [2.24, 2.45) is 0 Å². The van der Waals surface area contributed by atoms with Gasteiger partial charge in [-0.3, -0.25) is 4.79 Å². The molecule has 6 nitrogen and oxygen atoms in total. The molecular weight excluding hydrogens is 256 g/mol. The van der Waals surface area contributed by atoms with Gasteiger partial charge in [0.2, 0.25) is 5.91 Å². The molecule has 0 unspecified atom stereocenters. The Morgan fingerprint density at radius 1 is 1.55 bits per heavy atom. The van der Waals surface area contributed by atoms with Crippen LogP contribution in [0.4, 0.5) is 0 Å². The number of rotatable bonds is 5. The highest BCUT2D eigenvalue weighted by Crippen LogP contribution is 2.22. The summed E-state index contributed by atoms with van der Waals surface area (Å²) in [5.74, 6) is 0.966. The van der Waals surface area contributed by atoms with Crippen LogP contribution in [0.15, 0.2) is 12.4 Å². The predicted octanol–water partition coefficient (Wildman–Crippen LogP) is -0.0295. The predicted molar refractivity (Wildman–Crippen MR) is 76.3 cm³/mol. The number of hydrogen-bond acceptors (Lipinski definition) is 4. The fourth-order valence-corrected chi connectivity index (χ4v) is 2.83. The minimum absolute atomic E-state index is 0.0485. The summed E-state index contributed by atoms with van der Waals surface area (Å²) >= 11 is 0. The molecule has 1 aliphatic heterocycles. The molecule has 1 atom stereocenters. The number of likely N-dealkylation sites (N-methyl/N-ethyl adjacent to an activating group) is 1. The van der Waals surface area contributed by atoms with E-state index < -0.39 is 5.60 Å². The second-order valence-electron chi connectivity index (χ2n) is 5.85. The highest BCUT2D eigenvalue weighted by atomic mass is 16.3. The zero-order valence-corrected chi connectivity index (χ0v) is 12.5. The van der Waals surface area contributed by atoms with E-state index in [-0.39, 0.29) is 5.91 Å². The average molecular weight is 280 g/mol. The number of nitrogens with zero attached hydrogens (tertiary/aromatic N) is 4. The van der Waals surface area contributed by atoms with Gasteiger partial charge in [-0.1, -0.05) is 6.92 Å². The van der Waals surface area contributed by atoms with E-state index in [9.17, 15) is 9.90 Å². The van der Waals surface area contributed by atoms with Gasteiger partial charge in [0.1, 0.15) is 12.4 Å². The molecule has 2 rings (SSSR count). The van der Waals surface area contributed by atoms with Gasteiger partial charge in [0, 0.05) is 31.9 Å². The van der Waals surface area contributed by atoms with Crippen LogP contribution in [0.1, 0.15) is 19.2 Å². The zero-order valence-electron chi connectivity index (χ0n) is 12.5.